The van der Waals surface area contributed by atoms with Gasteiger partial charge in [0.15, 0.2) is 5.78 Å². The number of rotatable bonds is 3. The minimum atomic E-state index is -0.489. The van der Waals surface area contributed by atoms with E-state index in [4.69, 9.17) is 4.74 Å². The molecule has 2 aromatic rings. The number of benzene rings is 2. The van der Waals surface area contributed by atoms with Crippen molar-refractivity contribution in [1.29, 1.82) is 0 Å². The van der Waals surface area contributed by atoms with Crippen molar-refractivity contribution < 1.29 is 14.3 Å². The van der Waals surface area contributed by atoms with E-state index < -0.39 is 6.04 Å². The number of amides is 1. The third-order valence-corrected chi connectivity index (χ3v) is 4.23. The Hall–Kier alpha value is -2.62. The monoisotopic (exact) mass is 309 g/mol. The first-order valence-electron chi connectivity index (χ1n) is 7.59. The normalized spacial score (nSPS) is 16.4. The molecular formula is C19H19NO3. The molecule has 1 atom stereocenters. The Labute approximate surface area is 135 Å². The largest absolute Gasteiger partial charge is 0.497 e. The predicted octanol–water partition coefficient (Wildman–Crippen LogP) is 3.16. The van der Waals surface area contributed by atoms with Crippen LogP contribution in [0.3, 0.4) is 0 Å². The highest BCUT2D eigenvalue weighted by Crippen LogP contribution is 2.36. The van der Waals surface area contributed by atoms with Gasteiger partial charge in [-0.1, -0.05) is 29.8 Å². The summed E-state index contributed by atoms with van der Waals surface area (Å²) in [4.78, 5) is 26.5. The molecule has 3 rings (SSSR count). The van der Waals surface area contributed by atoms with Gasteiger partial charge in [0.1, 0.15) is 11.8 Å². The average Bonchev–Trinajstić information content (AvgIpc) is 2.81. The molecule has 0 bridgehead atoms. The molecule has 2 aromatic carbocycles. The molecule has 1 aliphatic heterocycles. The van der Waals surface area contributed by atoms with Gasteiger partial charge in [0, 0.05) is 18.9 Å². The van der Waals surface area contributed by atoms with Crippen LogP contribution >= 0.6 is 0 Å². The minimum absolute atomic E-state index is 0.0327. The molecule has 1 unspecified atom stereocenters. The quantitative estimate of drug-likeness (QED) is 0.875. The second kappa shape index (κ2) is 5.88. The number of methoxy groups -OCH3 is 1. The number of carbonyl (C=O) groups excluding carboxylic acids is 2. The van der Waals surface area contributed by atoms with Crippen molar-refractivity contribution in [3.63, 3.8) is 0 Å². The lowest BCUT2D eigenvalue weighted by Crippen LogP contribution is -2.40. The molecule has 4 nitrogen and oxygen atoms in total. The molecule has 0 aromatic heterocycles. The van der Waals surface area contributed by atoms with Crippen molar-refractivity contribution in [2.75, 3.05) is 12.0 Å². The second-order valence-electron chi connectivity index (χ2n) is 5.84. The van der Waals surface area contributed by atoms with Gasteiger partial charge < -0.3 is 9.64 Å². The average molecular weight is 309 g/mol. The van der Waals surface area contributed by atoms with Gasteiger partial charge in [0.2, 0.25) is 5.91 Å². The van der Waals surface area contributed by atoms with Crippen molar-refractivity contribution in [2.24, 2.45) is 0 Å². The molecule has 0 fully saturated rings. The van der Waals surface area contributed by atoms with Crippen LogP contribution in [0, 0.1) is 6.92 Å². The Morgan fingerprint density at radius 2 is 1.87 bits per heavy atom. The first-order valence-corrected chi connectivity index (χ1v) is 7.59. The summed E-state index contributed by atoms with van der Waals surface area (Å²) < 4.78 is 5.19. The summed E-state index contributed by atoms with van der Waals surface area (Å²) in [6, 6.07) is 12.8. The van der Waals surface area contributed by atoms with Crippen LogP contribution < -0.4 is 9.64 Å². The van der Waals surface area contributed by atoms with Crippen molar-refractivity contribution in [2.45, 2.75) is 26.3 Å². The molecule has 118 valence electrons. The topological polar surface area (TPSA) is 46.6 Å². The molecule has 1 aliphatic rings. The van der Waals surface area contributed by atoms with Crippen molar-refractivity contribution in [1.82, 2.24) is 0 Å². The number of aryl methyl sites for hydroxylation is 1. The van der Waals surface area contributed by atoms with Gasteiger partial charge in [-0.2, -0.15) is 0 Å². The SMILES string of the molecule is COc1ccc2c(c1)C(=O)C(Cc1ccc(C)cc1)N2C(C)=O. The van der Waals surface area contributed by atoms with E-state index in [2.05, 4.69) is 0 Å². The molecule has 0 spiro atoms. The number of hydrogen-bond acceptors (Lipinski definition) is 3. The molecule has 4 heteroatoms. The molecule has 23 heavy (non-hydrogen) atoms. The first kappa shape index (κ1) is 15.3. The zero-order chi connectivity index (χ0) is 16.6. The van der Waals surface area contributed by atoms with E-state index in [1.807, 2.05) is 31.2 Å². The maximum atomic E-state index is 12.8. The lowest BCUT2D eigenvalue weighted by molar-refractivity contribution is -0.116. The van der Waals surface area contributed by atoms with Crippen LogP contribution in [-0.4, -0.2) is 24.8 Å². The lowest BCUT2D eigenvalue weighted by Gasteiger charge is -2.23. The number of carbonyl (C=O) groups is 2. The third-order valence-electron chi connectivity index (χ3n) is 4.23. The van der Waals surface area contributed by atoms with E-state index in [9.17, 15) is 9.59 Å². The number of ketones is 1. The molecule has 0 aliphatic carbocycles. The highest BCUT2D eigenvalue weighted by molar-refractivity contribution is 6.17. The third kappa shape index (κ3) is 2.72. The molecule has 0 saturated heterocycles. The highest BCUT2D eigenvalue weighted by Gasteiger charge is 2.39. The summed E-state index contributed by atoms with van der Waals surface area (Å²) >= 11 is 0. The number of ether oxygens (including phenoxy) is 1. The van der Waals surface area contributed by atoms with Crippen LogP contribution in [0.5, 0.6) is 5.75 Å². The molecule has 0 N–H and O–H groups in total. The predicted molar refractivity (Wildman–Crippen MR) is 89.2 cm³/mol. The van der Waals surface area contributed by atoms with E-state index in [-0.39, 0.29) is 11.7 Å². The number of anilines is 1. The summed E-state index contributed by atoms with van der Waals surface area (Å²) in [7, 11) is 1.56. The molecule has 0 saturated carbocycles. The fourth-order valence-corrected chi connectivity index (χ4v) is 3.03. The summed E-state index contributed by atoms with van der Waals surface area (Å²) in [5, 5.41) is 0. The van der Waals surface area contributed by atoms with Crippen LogP contribution in [0.1, 0.15) is 28.4 Å². The van der Waals surface area contributed by atoms with Gasteiger partial charge >= 0.3 is 0 Å². The fraction of sp³-hybridized carbons (Fsp3) is 0.263. The van der Waals surface area contributed by atoms with E-state index in [1.54, 1.807) is 30.2 Å². The smallest absolute Gasteiger partial charge is 0.224 e. The molecular weight excluding hydrogens is 290 g/mol. The Kier molecular flexibility index (Phi) is 3.90. The summed E-state index contributed by atoms with van der Waals surface area (Å²) in [6.07, 6.45) is 0.510. The zero-order valence-electron chi connectivity index (χ0n) is 13.5. The van der Waals surface area contributed by atoms with E-state index in [0.717, 1.165) is 5.56 Å². The van der Waals surface area contributed by atoms with Gasteiger partial charge in [0.05, 0.1) is 12.8 Å². The van der Waals surface area contributed by atoms with Crippen molar-refractivity contribution in [3.05, 3.63) is 59.2 Å². The number of hydrogen-bond donors (Lipinski definition) is 0. The first-order chi connectivity index (χ1) is 11.0. The Morgan fingerprint density at radius 1 is 1.17 bits per heavy atom. The van der Waals surface area contributed by atoms with E-state index >= 15 is 0 Å². The number of nitrogens with zero attached hydrogens (tertiary/aromatic N) is 1. The van der Waals surface area contributed by atoms with Gasteiger partial charge in [-0.3, -0.25) is 9.59 Å². The Balaban J connectivity index is 1.98. The van der Waals surface area contributed by atoms with Gasteiger partial charge in [-0.05, 0) is 30.7 Å². The lowest BCUT2D eigenvalue weighted by atomic mass is 10.00. The Morgan fingerprint density at radius 3 is 2.48 bits per heavy atom. The second-order valence-corrected chi connectivity index (χ2v) is 5.84. The number of Topliss-reactive ketones (excluding diaryl/α,β-unsaturated/α-hetero) is 1. The van der Waals surface area contributed by atoms with Crippen molar-refractivity contribution >= 4 is 17.4 Å². The van der Waals surface area contributed by atoms with Crippen LogP contribution in [0.2, 0.25) is 0 Å². The summed E-state index contributed by atoms with van der Waals surface area (Å²) in [6.45, 7) is 3.52. The molecule has 1 heterocycles. The van der Waals surface area contributed by atoms with Crippen molar-refractivity contribution in [3.8, 4) is 5.75 Å². The standard InChI is InChI=1S/C19H19NO3/c1-12-4-6-14(7-5-12)10-18-19(22)16-11-15(23-3)8-9-17(16)20(18)13(2)21/h4-9,11,18H,10H2,1-3H3. The minimum Gasteiger partial charge on any atom is -0.497 e. The van der Waals surface area contributed by atoms with Crippen LogP contribution in [-0.2, 0) is 11.2 Å². The summed E-state index contributed by atoms with van der Waals surface area (Å²) in [5.41, 5.74) is 3.43. The van der Waals surface area contributed by atoms with Crippen LogP contribution in [0.25, 0.3) is 0 Å². The van der Waals surface area contributed by atoms with Gasteiger partial charge in [-0.15, -0.1) is 0 Å². The van der Waals surface area contributed by atoms with Crippen LogP contribution in [0.15, 0.2) is 42.5 Å². The molecule has 1 amide bonds. The van der Waals surface area contributed by atoms with Gasteiger partial charge in [-0.25, -0.2) is 0 Å². The fourth-order valence-electron chi connectivity index (χ4n) is 3.03. The zero-order valence-corrected chi connectivity index (χ0v) is 13.5. The van der Waals surface area contributed by atoms with Crippen LogP contribution in [0.4, 0.5) is 5.69 Å². The Bertz CT molecular complexity index is 765. The maximum absolute atomic E-state index is 12.8. The van der Waals surface area contributed by atoms with Gasteiger partial charge in [0.25, 0.3) is 0 Å². The number of fused-ring (bicyclic) bond motifs is 1. The van der Waals surface area contributed by atoms with E-state index in [0.29, 0.717) is 23.4 Å². The maximum Gasteiger partial charge on any atom is 0.224 e. The van der Waals surface area contributed by atoms with E-state index in [1.165, 1.54) is 12.5 Å². The highest BCUT2D eigenvalue weighted by atomic mass is 16.5. The molecule has 0 radical (unpaired) electrons. The summed E-state index contributed by atoms with van der Waals surface area (Å²) in [5.74, 6) is 0.464.